The van der Waals surface area contributed by atoms with Crippen LogP contribution in [0.15, 0.2) is 42.0 Å². The molecule has 2 rings (SSSR count). The van der Waals surface area contributed by atoms with Crippen molar-refractivity contribution in [2.75, 3.05) is 34.0 Å². The molecule has 0 saturated heterocycles. The number of methoxy groups -OCH3 is 2. The van der Waals surface area contributed by atoms with Gasteiger partial charge in [-0.2, -0.15) is 5.26 Å². The molecular weight excluding hydrogens is 501 g/mol. The number of hydrogen-bond donors (Lipinski definition) is 0. The van der Waals surface area contributed by atoms with Crippen LogP contribution in [0.4, 0.5) is 0 Å². The predicted molar refractivity (Wildman–Crippen MR) is 120 cm³/mol. The Labute approximate surface area is 189 Å². The third kappa shape index (κ3) is 6.56. The Balaban J connectivity index is 2.08. The second-order valence-corrected chi connectivity index (χ2v) is 6.96. The highest BCUT2D eigenvalue weighted by atomic mass is 127. The summed E-state index contributed by atoms with van der Waals surface area (Å²) in [6.45, 7) is 2.51. The van der Waals surface area contributed by atoms with Crippen LogP contribution in [0.25, 0.3) is 6.08 Å². The Morgan fingerprint density at radius 2 is 1.83 bits per heavy atom. The molecule has 0 amide bonds. The van der Waals surface area contributed by atoms with Crippen molar-refractivity contribution in [2.24, 2.45) is 0 Å². The predicted octanol–water partition coefficient (Wildman–Crippen LogP) is 4.24. The Hall–Kier alpha value is -2.93. The van der Waals surface area contributed by atoms with Crippen molar-refractivity contribution in [1.82, 2.24) is 0 Å². The van der Waals surface area contributed by atoms with Crippen LogP contribution in [0, 0.1) is 14.9 Å². The fourth-order valence-corrected chi connectivity index (χ4v) is 3.25. The summed E-state index contributed by atoms with van der Waals surface area (Å²) in [5, 5.41) is 9.21. The summed E-state index contributed by atoms with van der Waals surface area (Å²) in [6.07, 6.45) is 1.46. The van der Waals surface area contributed by atoms with Gasteiger partial charge in [-0.15, -0.1) is 0 Å². The minimum absolute atomic E-state index is 0.0879. The fourth-order valence-electron chi connectivity index (χ4n) is 2.47. The quantitative estimate of drug-likeness (QED) is 0.151. The van der Waals surface area contributed by atoms with Crippen molar-refractivity contribution in [3.63, 3.8) is 0 Å². The SMILES string of the molecule is CCOC(=O)/C(C#N)=C/c1cc(I)c(OCCOc2cccc(OC)c2)c(OC)c1. The molecule has 0 N–H and O–H groups in total. The lowest BCUT2D eigenvalue weighted by atomic mass is 10.1. The van der Waals surface area contributed by atoms with E-state index in [9.17, 15) is 10.1 Å². The van der Waals surface area contributed by atoms with Gasteiger partial charge in [0.25, 0.3) is 0 Å². The number of carbonyl (C=O) groups is 1. The van der Waals surface area contributed by atoms with Crippen LogP contribution in [0.1, 0.15) is 12.5 Å². The molecule has 0 spiro atoms. The molecule has 30 heavy (non-hydrogen) atoms. The van der Waals surface area contributed by atoms with E-state index in [1.807, 2.05) is 24.3 Å². The smallest absolute Gasteiger partial charge is 0.348 e. The zero-order valence-electron chi connectivity index (χ0n) is 16.9. The maximum absolute atomic E-state index is 11.8. The van der Waals surface area contributed by atoms with Crippen LogP contribution in [0.2, 0.25) is 0 Å². The van der Waals surface area contributed by atoms with Crippen molar-refractivity contribution in [3.8, 4) is 29.1 Å². The van der Waals surface area contributed by atoms with E-state index in [1.54, 1.807) is 32.2 Å². The molecule has 0 aliphatic carbocycles. The second-order valence-electron chi connectivity index (χ2n) is 5.80. The highest BCUT2D eigenvalue weighted by Gasteiger charge is 2.14. The van der Waals surface area contributed by atoms with Gasteiger partial charge in [0.1, 0.15) is 36.4 Å². The van der Waals surface area contributed by atoms with Gasteiger partial charge in [-0.05, 0) is 65.4 Å². The van der Waals surface area contributed by atoms with Gasteiger partial charge in [-0.25, -0.2) is 4.79 Å². The maximum atomic E-state index is 11.8. The maximum Gasteiger partial charge on any atom is 0.348 e. The lowest BCUT2D eigenvalue weighted by Gasteiger charge is -2.14. The number of esters is 1. The molecule has 7 nitrogen and oxygen atoms in total. The van der Waals surface area contributed by atoms with E-state index >= 15 is 0 Å². The number of rotatable bonds is 10. The highest BCUT2D eigenvalue weighted by molar-refractivity contribution is 14.1. The van der Waals surface area contributed by atoms with E-state index in [4.69, 9.17) is 23.7 Å². The number of halogens is 1. The summed E-state index contributed by atoms with van der Waals surface area (Å²) >= 11 is 2.11. The van der Waals surface area contributed by atoms with E-state index in [0.717, 1.165) is 3.57 Å². The van der Waals surface area contributed by atoms with Crippen molar-refractivity contribution in [3.05, 3.63) is 51.1 Å². The summed E-state index contributed by atoms with van der Waals surface area (Å²) in [5.74, 6) is 1.77. The molecule has 2 aromatic rings. The van der Waals surface area contributed by atoms with E-state index in [-0.39, 0.29) is 12.2 Å². The van der Waals surface area contributed by atoms with Crippen LogP contribution >= 0.6 is 22.6 Å². The zero-order valence-corrected chi connectivity index (χ0v) is 19.1. The van der Waals surface area contributed by atoms with Gasteiger partial charge in [0.05, 0.1) is 24.4 Å². The summed E-state index contributed by atoms with van der Waals surface area (Å²) in [7, 11) is 3.12. The van der Waals surface area contributed by atoms with Gasteiger partial charge in [-0.1, -0.05) is 6.07 Å². The minimum atomic E-state index is -0.663. The van der Waals surface area contributed by atoms with Crippen LogP contribution in [-0.4, -0.2) is 40.0 Å². The molecule has 2 aromatic carbocycles. The van der Waals surface area contributed by atoms with Crippen molar-refractivity contribution < 1.29 is 28.5 Å². The first kappa shape index (κ1) is 23.3. The molecule has 0 aromatic heterocycles. The lowest BCUT2D eigenvalue weighted by molar-refractivity contribution is -0.137. The Morgan fingerprint density at radius 1 is 1.10 bits per heavy atom. The van der Waals surface area contributed by atoms with Crippen molar-refractivity contribution in [1.29, 1.82) is 5.26 Å². The zero-order chi connectivity index (χ0) is 21.9. The largest absolute Gasteiger partial charge is 0.497 e. The molecule has 0 unspecified atom stereocenters. The number of carbonyl (C=O) groups excluding carboxylic acids is 1. The molecule has 0 radical (unpaired) electrons. The monoisotopic (exact) mass is 523 g/mol. The molecular formula is C22H22INO6. The average molecular weight is 523 g/mol. The first-order valence-corrected chi connectivity index (χ1v) is 10.2. The van der Waals surface area contributed by atoms with Crippen molar-refractivity contribution >= 4 is 34.6 Å². The standard InChI is InChI=1S/C22H22INO6/c1-4-28-22(25)16(14-24)10-15-11-19(23)21(20(12-15)27-3)30-9-8-29-18-7-5-6-17(13-18)26-2/h5-7,10-13H,4,8-9H2,1-3H3/b16-10+. The summed E-state index contributed by atoms with van der Waals surface area (Å²) < 4.78 is 27.8. The lowest BCUT2D eigenvalue weighted by Crippen LogP contribution is -2.10. The molecule has 0 aliphatic rings. The van der Waals surface area contributed by atoms with Crippen LogP contribution in [0.3, 0.4) is 0 Å². The van der Waals surface area contributed by atoms with E-state index in [0.29, 0.717) is 41.8 Å². The first-order chi connectivity index (χ1) is 14.5. The number of nitrogens with zero attached hydrogens (tertiary/aromatic N) is 1. The van der Waals surface area contributed by atoms with E-state index in [2.05, 4.69) is 22.6 Å². The van der Waals surface area contributed by atoms with Gasteiger partial charge < -0.3 is 23.7 Å². The molecule has 8 heteroatoms. The Bertz CT molecular complexity index is 951. The first-order valence-electron chi connectivity index (χ1n) is 9.08. The van der Waals surface area contributed by atoms with Crippen LogP contribution in [0.5, 0.6) is 23.0 Å². The average Bonchev–Trinajstić information content (AvgIpc) is 2.75. The minimum Gasteiger partial charge on any atom is -0.497 e. The van der Waals surface area contributed by atoms with Gasteiger partial charge >= 0.3 is 5.97 Å². The van der Waals surface area contributed by atoms with Gasteiger partial charge in [0.15, 0.2) is 11.5 Å². The molecule has 0 fully saturated rings. The number of ether oxygens (including phenoxy) is 5. The Morgan fingerprint density at radius 3 is 2.50 bits per heavy atom. The summed E-state index contributed by atoms with van der Waals surface area (Å²) in [4.78, 5) is 11.8. The third-order valence-corrected chi connectivity index (χ3v) is 4.62. The van der Waals surface area contributed by atoms with Crippen LogP contribution < -0.4 is 18.9 Å². The molecule has 0 atom stereocenters. The number of benzene rings is 2. The Kier molecular flexibility index (Phi) is 9.28. The molecule has 158 valence electrons. The van der Waals surface area contributed by atoms with Gasteiger partial charge in [0, 0.05) is 6.07 Å². The second kappa shape index (κ2) is 11.9. The fraction of sp³-hybridized carbons (Fsp3) is 0.273. The van der Waals surface area contributed by atoms with Crippen molar-refractivity contribution in [2.45, 2.75) is 6.92 Å². The molecule has 0 heterocycles. The normalized spacial score (nSPS) is 10.7. The third-order valence-electron chi connectivity index (χ3n) is 3.82. The molecule has 0 bridgehead atoms. The van der Waals surface area contributed by atoms with Gasteiger partial charge in [0.2, 0.25) is 0 Å². The van der Waals surface area contributed by atoms with Crippen LogP contribution in [-0.2, 0) is 9.53 Å². The van der Waals surface area contributed by atoms with E-state index in [1.165, 1.54) is 13.2 Å². The molecule has 0 saturated carbocycles. The van der Waals surface area contributed by atoms with E-state index < -0.39 is 5.97 Å². The molecule has 0 aliphatic heterocycles. The number of hydrogen-bond acceptors (Lipinski definition) is 7. The highest BCUT2D eigenvalue weighted by Crippen LogP contribution is 2.34. The summed E-state index contributed by atoms with van der Waals surface area (Å²) in [6, 6.07) is 12.7. The topological polar surface area (TPSA) is 87.0 Å². The summed E-state index contributed by atoms with van der Waals surface area (Å²) in [5.41, 5.74) is 0.538. The van der Waals surface area contributed by atoms with Gasteiger partial charge in [-0.3, -0.25) is 0 Å². The number of nitriles is 1.